The van der Waals surface area contributed by atoms with Crippen LogP contribution in [0.3, 0.4) is 0 Å². The average molecular weight is 951 g/mol. The number of rotatable bonds is 6. The highest BCUT2D eigenvalue weighted by molar-refractivity contribution is 7.01. The maximum absolute atomic E-state index is 2.69. The number of hydrogen-bond acceptors (Lipinski definition) is 2. The molecule has 0 N–H and O–H groups in total. The number of hydrogen-bond donors (Lipinski definition) is 0. The molecule has 346 valence electrons. The molecule has 15 aromatic rings. The Morgan fingerprint density at radius 3 is 0.973 bits per heavy atom. The highest BCUT2D eigenvalue weighted by atomic mass is 15.2. The highest BCUT2D eigenvalue weighted by Gasteiger charge is 2.46. The molecule has 4 nitrogen and oxygen atoms in total. The quantitative estimate of drug-likeness (QED) is 0.154. The molecular formula is C70H43BN4. The van der Waals surface area contributed by atoms with Gasteiger partial charge in [0, 0.05) is 44.3 Å². The number of aromatic nitrogens is 2. The fraction of sp³-hybridized carbons (Fsp3) is 0. The van der Waals surface area contributed by atoms with Crippen LogP contribution in [0.2, 0.25) is 0 Å². The van der Waals surface area contributed by atoms with E-state index in [1.165, 1.54) is 114 Å². The van der Waals surface area contributed by atoms with E-state index in [4.69, 9.17) is 0 Å². The third kappa shape index (κ3) is 5.51. The number of anilines is 6. The molecule has 4 heterocycles. The molecule has 0 aliphatic carbocycles. The normalized spacial score (nSPS) is 12.5. The zero-order chi connectivity index (χ0) is 48.9. The number of fused-ring (bicyclic) bond motifs is 18. The van der Waals surface area contributed by atoms with Gasteiger partial charge in [0.05, 0.1) is 44.8 Å². The van der Waals surface area contributed by atoms with Crippen molar-refractivity contribution in [3.05, 3.63) is 261 Å². The van der Waals surface area contributed by atoms with Crippen molar-refractivity contribution in [2.75, 3.05) is 9.80 Å². The lowest BCUT2D eigenvalue weighted by atomic mass is 9.34. The molecule has 0 atom stereocenters. The predicted octanol–water partition coefficient (Wildman–Crippen LogP) is 16.6. The van der Waals surface area contributed by atoms with E-state index < -0.39 is 0 Å². The Balaban J connectivity index is 1.19. The number of para-hydroxylation sites is 4. The van der Waals surface area contributed by atoms with Crippen LogP contribution < -0.4 is 26.2 Å². The topological polar surface area (TPSA) is 16.3 Å². The van der Waals surface area contributed by atoms with E-state index in [9.17, 15) is 0 Å². The van der Waals surface area contributed by atoms with Gasteiger partial charge in [-0.2, -0.15) is 0 Å². The summed E-state index contributed by atoms with van der Waals surface area (Å²) in [5.74, 6) is 0. The van der Waals surface area contributed by atoms with Gasteiger partial charge in [-0.3, -0.25) is 0 Å². The highest BCUT2D eigenvalue weighted by Crippen LogP contribution is 2.53. The summed E-state index contributed by atoms with van der Waals surface area (Å²) < 4.78 is 5.37. The van der Waals surface area contributed by atoms with Gasteiger partial charge in [0.1, 0.15) is 0 Å². The lowest BCUT2D eigenvalue weighted by Crippen LogP contribution is -2.60. The van der Waals surface area contributed by atoms with Crippen molar-refractivity contribution in [2.24, 2.45) is 0 Å². The zero-order valence-corrected chi connectivity index (χ0v) is 40.7. The molecule has 0 fully saturated rings. The summed E-state index contributed by atoms with van der Waals surface area (Å²) in [7, 11) is 0. The van der Waals surface area contributed by atoms with Crippen molar-refractivity contribution in [1.29, 1.82) is 0 Å². The van der Waals surface area contributed by atoms with Crippen LogP contribution in [-0.4, -0.2) is 15.8 Å². The van der Waals surface area contributed by atoms with E-state index >= 15 is 0 Å². The zero-order valence-electron chi connectivity index (χ0n) is 40.7. The minimum atomic E-state index is -0.180. The van der Waals surface area contributed by atoms with Gasteiger partial charge in [-0.25, -0.2) is 0 Å². The molecule has 0 unspecified atom stereocenters. The Hall–Kier alpha value is -9.84. The first kappa shape index (κ1) is 40.7. The van der Waals surface area contributed by atoms with Crippen molar-refractivity contribution in [2.45, 2.75) is 0 Å². The molecule has 2 aliphatic heterocycles. The lowest BCUT2D eigenvalue weighted by molar-refractivity contribution is 1.11. The van der Waals surface area contributed by atoms with Crippen LogP contribution in [0.4, 0.5) is 34.1 Å². The van der Waals surface area contributed by atoms with Crippen LogP contribution in [0.15, 0.2) is 261 Å². The van der Waals surface area contributed by atoms with Crippen LogP contribution in [0, 0.1) is 0 Å². The molecule has 2 aliphatic rings. The summed E-state index contributed by atoms with van der Waals surface area (Å²) >= 11 is 0. The summed E-state index contributed by atoms with van der Waals surface area (Å²) in [6.45, 7) is -0.180. The Morgan fingerprint density at radius 1 is 0.280 bits per heavy atom. The second-order valence-corrected chi connectivity index (χ2v) is 20.3. The Kier molecular flexibility index (Phi) is 8.33. The molecule has 13 aromatic carbocycles. The largest absolute Gasteiger partial charge is 0.308 e. The third-order valence-electron chi connectivity index (χ3n) is 16.5. The molecule has 17 rings (SSSR count). The van der Waals surface area contributed by atoms with E-state index in [2.05, 4.69) is 280 Å². The maximum atomic E-state index is 2.69. The Bertz CT molecular complexity index is 4500. The maximum Gasteiger partial charge on any atom is 0.252 e. The van der Waals surface area contributed by atoms with Crippen LogP contribution in [0.1, 0.15) is 0 Å². The molecule has 0 bridgehead atoms. The number of nitrogens with zero attached hydrogens (tertiary/aromatic N) is 4. The van der Waals surface area contributed by atoms with E-state index in [1.807, 2.05) is 0 Å². The summed E-state index contributed by atoms with van der Waals surface area (Å²) in [4.78, 5) is 5.03. The molecule has 0 saturated heterocycles. The van der Waals surface area contributed by atoms with Gasteiger partial charge >= 0.3 is 0 Å². The monoisotopic (exact) mass is 950 g/mol. The standard InChI is InChI=1S/C70H43BN4/c1-5-25-48(26-6-1)72(49-27-7-2-8-28-49)60-43-61(73(50-29-9-3-10-30-50)51-31-11-4-12-32-51)70-66-69(60)74-58-39-37-44-21-13-17-33-52(44)62(58)64-54-35-19-15-23-46(54)41-56(67(64)74)71(66)57-42-47-24-16-20-36-55(47)65-63-53-34-18-14-22-45(53)38-40-59(63)75(70)68(57)65/h1-43H. The first-order valence-electron chi connectivity index (χ1n) is 26.1. The fourth-order valence-corrected chi connectivity index (χ4v) is 13.6. The number of benzene rings is 13. The van der Waals surface area contributed by atoms with Crippen LogP contribution in [-0.2, 0) is 0 Å². The van der Waals surface area contributed by atoms with E-state index in [1.54, 1.807) is 0 Å². The van der Waals surface area contributed by atoms with Crippen molar-refractivity contribution < 1.29 is 0 Å². The Morgan fingerprint density at radius 2 is 0.600 bits per heavy atom. The second kappa shape index (κ2) is 15.3. The summed E-state index contributed by atoms with van der Waals surface area (Å²) in [6, 6.07) is 97.3. The predicted molar refractivity (Wildman–Crippen MR) is 319 cm³/mol. The summed E-state index contributed by atoms with van der Waals surface area (Å²) in [6.07, 6.45) is 0. The van der Waals surface area contributed by atoms with Gasteiger partial charge < -0.3 is 18.9 Å². The van der Waals surface area contributed by atoms with Gasteiger partial charge in [-0.1, -0.05) is 194 Å². The van der Waals surface area contributed by atoms with Gasteiger partial charge in [0.25, 0.3) is 6.71 Å². The van der Waals surface area contributed by atoms with Gasteiger partial charge in [-0.15, -0.1) is 0 Å². The SMILES string of the molecule is c1ccc(N(c2ccccc2)c2cc(N(c3ccccc3)c3ccccc3)c3c4c2-n2c5ccc6ccccc6c5c5c6ccccc6cc(c52)B4c2cc4ccccc4c4c5c6ccccc6ccc5n-3c24)cc1. The molecule has 0 spiro atoms. The second-order valence-electron chi connectivity index (χ2n) is 20.3. The van der Waals surface area contributed by atoms with Gasteiger partial charge in [0.15, 0.2) is 0 Å². The fourth-order valence-electron chi connectivity index (χ4n) is 13.6. The van der Waals surface area contributed by atoms with Gasteiger partial charge in [0.2, 0.25) is 0 Å². The molecule has 0 amide bonds. The smallest absolute Gasteiger partial charge is 0.252 e. The first-order valence-corrected chi connectivity index (χ1v) is 26.1. The molecule has 0 saturated carbocycles. The Labute approximate surface area is 432 Å². The third-order valence-corrected chi connectivity index (χ3v) is 16.5. The van der Waals surface area contributed by atoms with Gasteiger partial charge in [-0.05, 0) is 126 Å². The van der Waals surface area contributed by atoms with Crippen molar-refractivity contribution >= 4 is 144 Å². The van der Waals surface area contributed by atoms with Crippen LogP contribution >= 0.6 is 0 Å². The van der Waals surface area contributed by atoms with E-state index in [0.29, 0.717) is 0 Å². The average Bonchev–Trinajstić information content (AvgIpc) is 4.25. The molecule has 5 heteroatoms. The van der Waals surface area contributed by atoms with E-state index in [-0.39, 0.29) is 6.71 Å². The molecule has 75 heavy (non-hydrogen) atoms. The van der Waals surface area contributed by atoms with Crippen molar-refractivity contribution in [3.63, 3.8) is 0 Å². The summed E-state index contributed by atoms with van der Waals surface area (Å²) in [5, 5.41) is 15.2. The molecule has 2 aromatic heterocycles. The molecular weight excluding hydrogens is 908 g/mol. The van der Waals surface area contributed by atoms with E-state index in [0.717, 1.165) is 34.1 Å². The van der Waals surface area contributed by atoms with Crippen molar-refractivity contribution in [3.8, 4) is 11.4 Å². The van der Waals surface area contributed by atoms with Crippen molar-refractivity contribution in [1.82, 2.24) is 9.13 Å². The van der Waals surface area contributed by atoms with Crippen LogP contribution in [0.25, 0.3) is 98.1 Å². The van der Waals surface area contributed by atoms with Crippen LogP contribution in [0.5, 0.6) is 0 Å². The lowest BCUT2D eigenvalue weighted by Gasteiger charge is -2.40. The minimum absolute atomic E-state index is 0.180. The molecule has 0 radical (unpaired) electrons. The first-order chi connectivity index (χ1) is 37.3. The minimum Gasteiger partial charge on any atom is -0.308 e. The summed E-state index contributed by atoms with van der Waals surface area (Å²) in [5.41, 5.74) is 17.7.